The summed E-state index contributed by atoms with van der Waals surface area (Å²) in [6, 6.07) is 8.89. The van der Waals surface area contributed by atoms with Crippen molar-refractivity contribution in [2.24, 2.45) is 0 Å². The largest absolute Gasteiger partial charge is 0.508 e. The molecule has 19 heavy (non-hydrogen) atoms. The van der Waals surface area contributed by atoms with Crippen molar-refractivity contribution in [3.63, 3.8) is 0 Å². The van der Waals surface area contributed by atoms with Gasteiger partial charge in [0.2, 0.25) is 0 Å². The molecule has 0 radical (unpaired) electrons. The Hall–Kier alpha value is -2.62. The summed E-state index contributed by atoms with van der Waals surface area (Å²) in [4.78, 5) is 0. The SMILES string of the molecule is C=C(c1cc(O)cc(O)c1)c1ccc(O)cc1OC. The molecule has 0 aliphatic heterocycles. The van der Waals surface area contributed by atoms with Gasteiger partial charge in [-0.25, -0.2) is 0 Å². The zero-order valence-electron chi connectivity index (χ0n) is 10.4. The Balaban J connectivity index is 2.49. The van der Waals surface area contributed by atoms with E-state index in [0.717, 1.165) is 0 Å². The zero-order chi connectivity index (χ0) is 14.0. The molecule has 0 saturated heterocycles. The van der Waals surface area contributed by atoms with E-state index in [-0.39, 0.29) is 17.2 Å². The van der Waals surface area contributed by atoms with Gasteiger partial charge in [-0.1, -0.05) is 6.58 Å². The Morgan fingerprint density at radius 1 is 0.947 bits per heavy atom. The van der Waals surface area contributed by atoms with E-state index in [0.29, 0.717) is 22.4 Å². The van der Waals surface area contributed by atoms with Crippen molar-refractivity contribution in [1.29, 1.82) is 0 Å². The molecule has 0 unspecified atom stereocenters. The predicted molar refractivity (Wildman–Crippen MR) is 72.6 cm³/mol. The summed E-state index contributed by atoms with van der Waals surface area (Å²) < 4.78 is 5.18. The van der Waals surface area contributed by atoms with E-state index in [1.165, 1.54) is 37.4 Å². The van der Waals surface area contributed by atoms with Gasteiger partial charge in [0.25, 0.3) is 0 Å². The molecule has 0 aromatic heterocycles. The Kier molecular flexibility index (Phi) is 3.33. The van der Waals surface area contributed by atoms with Crippen LogP contribution < -0.4 is 4.74 Å². The molecule has 4 nitrogen and oxygen atoms in total. The molecule has 2 rings (SSSR count). The lowest BCUT2D eigenvalue weighted by Crippen LogP contribution is -1.92. The van der Waals surface area contributed by atoms with Crippen molar-refractivity contribution in [3.8, 4) is 23.0 Å². The highest BCUT2D eigenvalue weighted by Gasteiger charge is 2.11. The van der Waals surface area contributed by atoms with E-state index in [2.05, 4.69) is 6.58 Å². The summed E-state index contributed by atoms with van der Waals surface area (Å²) in [6.07, 6.45) is 0. The van der Waals surface area contributed by atoms with Gasteiger partial charge in [-0.3, -0.25) is 0 Å². The lowest BCUT2D eigenvalue weighted by Gasteiger charge is -2.12. The van der Waals surface area contributed by atoms with Gasteiger partial charge in [-0.2, -0.15) is 0 Å². The highest BCUT2D eigenvalue weighted by atomic mass is 16.5. The lowest BCUT2D eigenvalue weighted by atomic mass is 9.98. The minimum absolute atomic E-state index is 0.0473. The van der Waals surface area contributed by atoms with Crippen LogP contribution in [0.4, 0.5) is 0 Å². The van der Waals surface area contributed by atoms with Crippen LogP contribution in [0.1, 0.15) is 11.1 Å². The third kappa shape index (κ3) is 2.63. The first kappa shape index (κ1) is 12.8. The van der Waals surface area contributed by atoms with Gasteiger partial charge in [0.05, 0.1) is 7.11 Å². The minimum Gasteiger partial charge on any atom is -0.508 e. The lowest BCUT2D eigenvalue weighted by molar-refractivity contribution is 0.406. The van der Waals surface area contributed by atoms with Crippen LogP contribution in [0.25, 0.3) is 5.57 Å². The minimum atomic E-state index is -0.0473. The highest BCUT2D eigenvalue weighted by Crippen LogP contribution is 2.34. The molecule has 0 spiro atoms. The fourth-order valence-electron chi connectivity index (χ4n) is 1.85. The van der Waals surface area contributed by atoms with Crippen molar-refractivity contribution >= 4 is 5.57 Å². The first-order chi connectivity index (χ1) is 9.01. The number of benzene rings is 2. The molecular weight excluding hydrogens is 244 g/mol. The molecule has 0 bridgehead atoms. The summed E-state index contributed by atoms with van der Waals surface area (Å²) in [6.45, 7) is 3.93. The van der Waals surface area contributed by atoms with E-state index in [1.807, 2.05) is 0 Å². The van der Waals surface area contributed by atoms with Crippen molar-refractivity contribution in [1.82, 2.24) is 0 Å². The van der Waals surface area contributed by atoms with Gasteiger partial charge >= 0.3 is 0 Å². The molecule has 0 atom stereocenters. The first-order valence-electron chi connectivity index (χ1n) is 5.61. The second kappa shape index (κ2) is 4.94. The number of aromatic hydroxyl groups is 3. The van der Waals surface area contributed by atoms with Crippen molar-refractivity contribution in [2.45, 2.75) is 0 Å². The zero-order valence-corrected chi connectivity index (χ0v) is 10.4. The molecule has 4 heteroatoms. The monoisotopic (exact) mass is 258 g/mol. The van der Waals surface area contributed by atoms with Crippen LogP contribution in [0.2, 0.25) is 0 Å². The molecule has 0 heterocycles. The molecule has 0 amide bonds. The average Bonchev–Trinajstić information content (AvgIpc) is 2.36. The average molecular weight is 258 g/mol. The fraction of sp³-hybridized carbons (Fsp3) is 0.0667. The molecule has 0 aliphatic carbocycles. The third-order valence-corrected chi connectivity index (χ3v) is 2.76. The molecule has 2 aromatic rings. The summed E-state index contributed by atoms with van der Waals surface area (Å²) in [5, 5.41) is 28.4. The highest BCUT2D eigenvalue weighted by molar-refractivity contribution is 5.82. The van der Waals surface area contributed by atoms with E-state index in [4.69, 9.17) is 4.74 Å². The van der Waals surface area contributed by atoms with Crippen LogP contribution in [0.15, 0.2) is 43.0 Å². The number of rotatable bonds is 3. The summed E-state index contributed by atoms with van der Waals surface area (Å²) in [7, 11) is 1.49. The van der Waals surface area contributed by atoms with Gasteiger partial charge in [0, 0.05) is 17.7 Å². The van der Waals surface area contributed by atoms with Gasteiger partial charge < -0.3 is 20.1 Å². The maximum absolute atomic E-state index is 9.49. The van der Waals surface area contributed by atoms with E-state index in [9.17, 15) is 15.3 Å². The van der Waals surface area contributed by atoms with Crippen LogP contribution in [0.5, 0.6) is 23.0 Å². The van der Waals surface area contributed by atoms with Crippen LogP contribution in [0.3, 0.4) is 0 Å². The number of hydrogen-bond donors (Lipinski definition) is 3. The summed E-state index contributed by atoms with van der Waals surface area (Å²) in [5.74, 6) is 0.461. The van der Waals surface area contributed by atoms with E-state index < -0.39 is 0 Å². The third-order valence-electron chi connectivity index (χ3n) is 2.76. The molecule has 98 valence electrons. The summed E-state index contributed by atoms with van der Waals surface area (Å²) in [5.41, 5.74) is 1.81. The Morgan fingerprint density at radius 3 is 2.16 bits per heavy atom. The smallest absolute Gasteiger partial charge is 0.130 e. The molecule has 0 saturated carbocycles. The summed E-state index contributed by atoms with van der Waals surface area (Å²) >= 11 is 0. The van der Waals surface area contributed by atoms with Crippen LogP contribution in [0, 0.1) is 0 Å². The fourth-order valence-corrected chi connectivity index (χ4v) is 1.85. The molecule has 0 aliphatic rings. The van der Waals surface area contributed by atoms with Crippen LogP contribution >= 0.6 is 0 Å². The first-order valence-corrected chi connectivity index (χ1v) is 5.61. The van der Waals surface area contributed by atoms with Gasteiger partial charge in [0.15, 0.2) is 0 Å². The second-order valence-corrected chi connectivity index (χ2v) is 4.10. The Morgan fingerprint density at radius 2 is 1.58 bits per heavy atom. The number of ether oxygens (including phenoxy) is 1. The maximum Gasteiger partial charge on any atom is 0.130 e. The van der Waals surface area contributed by atoms with Crippen molar-refractivity contribution < 1.29 is 20.1 Å². The molecule has 2 aromatic carbocycles. The molecular formula is C15H14O4. The number of phenols is 3. The van der Waals surface area contributed by atoms with Gasteiger partial charge in [0.1, 0.15) is 23.0 Å². The maximum atomic E-state index is 9.49. The Bertz CT molecular complexity index is 612. The molecule has 0 fully saturated rings. The predicted octanol–water partition coefficient (Wildman–Crippen LogP) is 2.87. The van der Waals surface area contributed by atoms with Crippen LogP contribution in [-0.2, 0) is 0 Å². The normalized spacial score (nSPS) is 10.2. The van der Waals surface area contributed by atoms with E-state index in [1.54, 1.807) is 6.07 Å². The molecule has 3 N–H and O–H groups in total. The number of phenolic OH excluding ortho intramolecular Hbond substituents is 3. The van der Waals surface area contributed by atoms with Crippen molar-refractivity contribution in [2.75, 3.05) is 7.11 Å². The topological polar surface area (TPSA) is 69.9 Å². The van der Waals surface area contributed by atoms with E-state index >= 15 is 0 Å². The van der Waals surface area contributed by atoms with Crippen LogP contribution in [-0.4, -0.2) is 22.4 Å². The Labute approximate surface area is 110 Å². The quantitative estimate of drug-likeness (QED) is 0.791. The number of hydrogen-bond acceptors (Lipinski definition) is 4. The van der Waals surface area contributed by atoms with Gasteiger partial charge in [-0.15, -0.1) is 0 Å². The van der Waals surface area contributed by atoms with Gasteiger partial charge in [-0.05, 0) is 35.4 Å². The number of methoxy groups -OCH3 is 1. The second-order valence-electron chi connectivity index (χ2n) is 4.10. The van der Waals surface area contributed by atoms with Crippen molar-refractivity contribution in [3.05, 3.63) is 54.1 Å². The standard InChI is InChI=1S/C15H14O4/c1-9(10-5-12(17)7-13(18)6-10)14-4-3-11(16)8-15(14)19-2/h3-8,16-18H,1H2,2H3.